The van der Waals surface area contributed by atoms with Gasteiger partial charge in [-0.05, 0) is 74.4 Å². The van der Waals surface area contributed by atoms with Crippen molar-refractivity contribution in [3.05, 3.63) is 29.3 Å². The Hall–Kier alpha value is -1.02. The van der Waals surface area contributed by atoms with Crippen LogP contribution in [0.15, 0.2) is 18.2 Å². The molecule has 1 aliphatic heterocycles. The highest BCUT2D eigenvalue weighted by atomic mass is 14.9. The maximum atomic E-state index is 3.57. The van der Waals surface area contributed by atoms with Crippen molar-refractivity contribution < 1.29 is 0 Å². The molecule has 0 amide bonds. The highest BCUT2D eigenvalue weighted by Gasteiger charge is 2.14. The standard InChI is InChI=1S/C15H22N2/c1-2-13-4-5-15(10-14(13)3-1)17-9-7-12-6-8-16-11-12/h4-5,10,12,16-17H,1-3,6-9,11H2. The average molecular weight is 230 g/mol. The first kappa shape index (κ1) is 11.1. The molecule has 92 valence electrons. The van der Waals surface area contributed by atoms with E-state index in [0.717, 1.165) is 12.5 Å². The van der Waals surface area contributed by atoms with Crippen molar-refractivity contribution in [3.63, 3.8) is 0 Å². The number of hydrogen-bond donors (Lipinski definition) is 2. The van der Waals surface area contributed by atoms with Gasteiger partial charge < -0.3 is 10.6 Å². The lowest BCUT2D eigenvalue weighted by Gasteiger charge is -2.11. The van der Waals surface area contributed by atoms with Gasteiger partial charge in [-0.25, -0.2) is 0 Å². The summed E-state index contributed by atoms with van der Waals surface area (Å²) in [6.45, 7) is 3.54. The minimum absolute atomic E-state index is 0.886. The molecule has 1 aromatic rings. The highest BCUT2D eigenvalue weighted by molar-refractivity contribution is 5.50. The molecule has 0 radical (unpaired) electrons. The van der Waals surface area contributed by atoms with Gasteiger partial charge in [-0.15, -0.1) is 0 Å². The zero-order valence-corrected chi connectivity index (χ0v) is 10.5. The van der Waals surface area contributed by atoms with Crippen molar-refractivity contribution in [2.24, 2.45) is 5.92 Å². The quantitative estimate of drug-likeness (QED) is 0.831. The Balaban J connectivity index is 1.51. The van der Waals surface area contributed by atoms with Crippen LogP contribution in [0, 0.1) is 5.92 Å². The fourth-order valence-corrected chi connectivity index (χ4v) is 3.06. The number of anilines is 1. The number of rotatable bonds is 4. The molecule has 1 saturated heterocycles. The summed E-state index contributed by atoms with van der Waals surface area (Å²) in [5.41, 5.74) is 4.45. The summed E-state index contributed by atoms with van der Waals surface area (Å²) in [5, 5.41) is 7.00. The van der Waals surface area contributed by atoms with Crippen LogP contribution in [0.1, 0.15) is 30.4 Å². The molecule has 0 spiro atoms. The van der Waals surface area contributed by atoms with E-state index in [4.69, 9.17) is 0 Å². The lowest BCUT2D eigenvalue weighted by atomic mass is 10.0. The Kier molecular flexibility index (Phi) is 3.32. The molecule has 0 aromatic heterocycles. The second kappa shape index (κ2) is 5.09. The largest absolute Gasteiger partial charge is 0.385 e. The van der Waals surface area contributed by atoms with E-state index in [-0.39, 0.29) is 0 Å². The number of hydrogen-bond acceptors (Lipinski definition) is 2. The highest BCUT2D eigenvalue weighted by Crippen LogP contribution is 2.25. The molecule has 2 heteroatoms. The third-order valence-corrected chi connectivity index (χ3v) is 4.14. The Morgan fingerprint density at radius 1 is 1.24 bits per heavy atom. The van der Waals surface area contributed by atoms with Crippen LogP contribution in [0.4, 0.5) is 5.69 Å². The van der Waals surface area contributed by atoms with Crippen LogP contribution in [0.3, 0.4) is 0 Å². The van der Waals surface area contributed by atoms with Gasteiger partial charge in [-0.3, -0.25) is 0 Å². The Morgan fingerprint density at radius 2 is 2.18 bits per heavy atom. The number of aryl methyl sites for hydroxylation is 2. The first-order valence-corrected chi connectivity index (χ1v) is 6.98. The summed E-state index contributed by atoms with van der Waals surface area (Å²) in [7, 11) is 0. The third-order valence-electron chi connectivity index (χ3n) is 4.14. The maximum absolute atomic E-state index is 3.57. The van der Waals surface area contributed by atoms with Crippen molar-refractivity contribution in [2.45, 2.75) is 32.1 Å². The van der Waals surface area contributed by atoms with Crippen molar-refractivity contribution in [3.8, 4) is 0 Å². The minimum atomic E-state index is 0.886. The molecule has 1 aliphatic carbocycles. The van der Waals surface area contributed by atoms with Gasteiger partial charge in [0.15, 0.2) is 0 Å². The Morgan fingerprint density at radius 3 is 3.06 bits per heavy atom. The Bertz CT molecular complexity index is 381. The van der Waals surface area contributed by atoms with Crippen LogP contribution < -0.4 is 10.6 Å². The van der Waals surface area contributed by atoms with E-state index in [1.165, 1.54) is 50.9 Å². The van der Waals surface area contributed by atoms with Crippen molar-refractivity contribution in [1.82, 2.24) is 5.32 Å². The van der Waals surface area contributed by atoms with Crippen LogP contribution in [0.5, 0.6) is 0 Å². The molecule has 2 nitrogen and oxygen atoms in total. The molecule has 1 aromatic carbocycles. The first-order valence-electron chi connectivity index (χ1n) is 6.98. The minimum Gasteiger partial charge on any atom is -0.385 e. The summed E-state index contributed by atoms with van der Waals surface area (Å²) in [5.74, 6) is 0.886. The van der Waals surface area contributed by atoms with Gasteiger partial charge in [-0.2, -0.15) is 0 Å². The molecule has 3 rings (SSSR count). The molecule has 17 heavy (non-hydrogen) atoms. The van der Waals surface area contributed by atoms with Gasteiger partial charge in [0.2, 0.25) is 0 Å². The summed E-state index contributed by atoms with van der Waals surface area (Å²) in [4.78, 5) is 0. The Labute approximate surface area is 104 Å². The van der Waals surface area contributed by atoms with Crippen LogP contribution in [-0.2, 0) is 12.8 Å². The van der Waals surface area contributed by atoms with Gasteiger partial charge in [0.25, 0.3) is 0 Å². The first-order chi connectivity index (χ1) is 8.42. The molecule has 0 bridgehead atoms. The zero-order chi connectivity index (χ0) is 11.5. The van der Waals surface area contributed by atoms with Crippen LogP contribution >= 0.6 is 0 Å². The summed E-state index contributed by atoms with van der Waals surface area (Å²) >= 11 is 0. The van der Waals surface area contributed by atoms with Crippen LogP contribution in [0.25, 0.3) is 0 Å². The normalized spacial score (nSPS) is 22.7. The lowest BCUT2D eigenvalue weighted by Crippen LogP contribution is -2.12. The van der Waals surface area contributed by atoms with Crippen LogP contribution in [0.2, 0.25) is 0 Å². The van der Waals surface area contributed by atoms with Crippen LogP contribution in [-0.4, -0.2) is 19.6 Å². The SMILES string of the molecule is c1cc2c(cc1NCCC1CCNC1)CCC2. The smallest absolute Gasteiger partial charge is 0.0343 e. The fourth-order valence-electron chi connectivity index (χ4n) is 3.06. The van der Waals surface area contributed by atoms with Crippen molar-refractivity contribution >= 4 is 5.69 Å². The second-order valence-electron chi connectivity index (χ2n) is 5.41. The van der Waals surface area contributed by atoms with Gasteiger partial charge in [0.1, 0.15) is 0 Å². The van der Waals surface area contributed by atoms with E-state index >= 15 is 0 Å². The van der Waals surface area contributed by atoms with E-state index in [1.54, 1.807) is 11.1 Å². The number of fused-ring (bicyclic) bond motifs is 1. The van der Waals surface area contributed by atoms with Crippen molar-refractivity contribution in [1.29, 1.82) is 0 Å². The van der Waals surface area contributed by atoms with Gasteiger partial charge in [0.05, 0.1) is 0 Å². The van der Waals surface area contributed by atoms with E-state index in [1.807, 2.05) is 0 Å². The summed E-state index contributed by atoms with van der Waals surface area (Å²) in [6.07, 6.45) is 6.54. The zero-order valence-electron chi connectivity index (χ0n) is 10.5. The fraction of sp³-hybridized carbons (Fsp3) is 0.600. The van der Waals surface area contributed by atoms with Gasteiger partial charge in [0, 0.05) is 12.2 Å². The maximum Gasteiger partial charge on any atom is 0.0343 e. The molecule has 1 heterocycles. The molecule has 1 unspecified atom stereocenters. The van der Waals surface area contributed by atoms with E-state index in [2.05, 4.69) is 28.8 Å². The average Bonchev–Trinajstić information content (AvgIpc) is 2.98. The van der Waals surface area contributed by atoms with Gasteiger partial charge in [-0.1, -0.05) is 6.07 Å². The van der Waals surface area contributed by atoms with E-state index in [0.29, 0.717) is 0 Å². The topological polar surface area (TPSA) is 24.1 Å². The van der Waals surface area contributed by atoms with E-state index < -0.39 is 0 Å². The molecular weight excluding hydrogens is 208 g/mol. The molecule has 2 aliphatic rings. The lowest BCUT2D eigenvalue weighted by molar-refractivity contribution is 0.549. The van der Waals surface area contributed by atoms with E-state index in [9.17, 15) is 0 Å². The van der Waals surface area contributed by atoms with Crippen molar-refractivity contribution in [2.75, 3.05) is 25.0 Å². The molecule has 1 fully saturated rings. The second-order valence-corrected chi connectivity index (χ2v) is 5.41. The predicted octanol–water partition coefficient (Wildman–Crippen LogP) is 2.59. The number of nitrogens with one attached hydrogen (secondary N) is 2. The molecule has 0 saturated carbocycles. The summed E-state index contributed by atoms with van der Waals surface area (Å²) < 4.78 is 0. The summed E-state index contributed by atoms with van der Waals surface area (Å²) in [6, 6.07) is 6.91. The van der Waals surface area contributed by atoms with Gasteiger partial charge >= 0.3 is 0 Å². The molecule has 1 atom stereocenters. The molecule has 2 N–H and O–H groups in total. The monoisotopic (exact) mass is 230 g/mol. The third kappa shape index (κ3) is 2.63. The number of benzene rings is 1. The predicted molar refractivity (Wildman–Crippen MR) is 72.6 cm³/mol. The molecular formula is C15H22N2.